The van der Waals surface area contributed by atoms with E-state index in [1.54, 1.807) is 29.1 Å². The van der Waals surface area contributed by atoms with Crippen LogP contribution in [0.1, 0.15) is 47.1 Å². The van der Waals surface area contributed by atoms with Crippen LogP contribution in [0.4, 0.5) is 17.2 Å². The number of nitrogens with one attached hydrogen (secondary N) is 2. The fourth-order valence-electron chi connectivity index (χ4n) is 6.06. The van der Waals surface area contributed by atoms with Crippen molar-refractivity contribution in [3.63, 3.8) is 0 Å². The first-order valence-electron chi connectivity index (χ1n) is 14.9. The van der Waals surface area contributed by atoms with Gasteiger partial charge in [0.2, 0.25) is 0 Å². The van der Waals surface area contributed by atoms with Crippen LogP contribution < -0.4 is 10.6 Å². The van der Waals surface area contributed by atoms with Gasteiger partial charge in [0.1, 0.15) is 5.52 Å². The van der Waals surface area contributed by atoms with Crippen LogP contribution in [-0.2, 0) is 13.1 Å². The van der Waals surface area contributed by atoms with Crippen molar-refractivity contribution < 1.29 is 15.0 Å². The quantitative estimate of drug-likeness (QED) is 0.165. The van der Waals surface area contributed by atoms with Crippen molar-refractivity contribution in [3.8, 4) is 11.1 Å². The first kappa shape index (κ1) is 29.6. The van der Waals surface area contributed by atoms with Crippen LogP contribution in [-0.4, -0.2) is 60.0 Å². The highest BCUT2D eigenvalue weighted by molar-refractivity contribution is 6.39. The van der Waals surface area contributed by atoms with E-state index < -0.39 is 12.0 Å². The summed E-state index contributed by atoms with van der Waals surface area (Å²) in [5.41, 5.74) is 4.99. The van der Waals surface area contributed by atoms with Gasteiger partial charge in [-0.2, -0.15) is 5.10 Å². The van der Waals surface area contributed by atoms with Crippen LogP contribution in [0.15, 0.2) is 67.0 Å². The average molecular weight is 645 g/mol. The van der Waals surface area contributed by atoms with Crippen LogP contribution in [0.3, 0.4) is 0 Å². The molecule has 3 aromatic heterocycles. The molecular weight excluding hydrogens is 613 g/mol. The Morgan fingerprint density at radius 3 is 2.49 bits per heavy atom. The summed E-state index contributed by atoms with van der Waals surface area (Å²) in [6, 6.07) is 16.6. The van der Waals surface area contributed by atoms with Crippen molar-refractivity contribution in [2.24, 2.45) is 0 Å². The van der Waals surface area contributed by atoms with Gasteiger partial charge in [-0.3, -0.25) is 19.4 Å². The standard InChI is InChI=1S/C33H31Cl2N7O3/c34-29-22(23-5-2-7-25(30(23)35)39-33(45)26-15-27-28(44)8-3-12-42(27)40-26)4-1-6-24(29)38-32-31-20(9-11-36-32)14-19(16-37-31)17-41-13-10-21(43)18-41/h1-2,4-7,9,11,14-16,21,28,43-44H,3,8,10,12-13,17-18H2,(H,36,38)(H,39,45)/t21-,28?/m1/s1. The minimum absolute atomic E-state index is 0.217. The Morgan fingerprint density at radius 2 is 1.73 bits per heavy atom. The van der Waals surface area contributed by atoms with Crippen molar-refractivity contribution in [3.05, 3.63) is 94.0 Å². The molecule has 5 aromatic rings. The summed E-state index contributed by atoms with van der Waals surface area (Å²) in [5.74, 6) is 0.148. The van der Waals surface area contributed by atoms with Crippen molar-refractivity contribution in [1.29, 1.82) is 0 Å². The number of β-amino-alcohol motifs (C(OH)–C–C–N with tert-alkyl or cyclic N) is 1. The minimum Gasteiger partial charge on any atom is -0.392 e. The summed E-state index contributed by atoms with van der Waals surface area (Å²) in [7, 11) is 0. The molecule has 230 valence electrons. The number of pyridine rings is 2. The molecule has 1 saturated heterocycles. The zero-order valence-electron chi connectivity index (χ0n) is 24.2. The number of nitrogens with zero attached hydrogens (tertiary/aromatic N) is 5. The van der Waals surface area contributed by atoms with E-state index in [0.717, 1.165) is 36.9 Å². The molecule has 0 aliphatic carbocycles. The Bertz CT molecular complexity index is 1910. The molecule has 12 heteroatoms. The highest BCUT2D eigenvalue weighted by atomic mass is 35.5. The maximum atomic E-state index is 13.1. The largest absolute Gasteiger partial charge is 0.392 e. The molecular formula is C33H31Cl2N7O3. The summed E-state index contributed by atoms with van der Waals surface area (Å²) in [6.07, 6.45) is 4.93. The second kappa shape index (κ2) is 12.4. The van der Waals surface area contributed by atoms with Crippen LogP contribution in [0.25, 0.3) is 22.0 Å². The second-order valence-electron chi connectivity index (χ2n) is 11.5. The number of halogens is 2. The number of carbonyl (C=O) groups is 1. The number of hydrogen-bond acceptors (Lipinski definition) is 8. The molecule has 7 rings (SSSR count). The lowest BCUT2D eigenvalue weighted by Crippen LogP contribution is -2.21. The lowest BCUT2D eigenvalue weighted by molar-refractivity contribution is 0.102. The summed E-state index contributed by atoms with van der Waals surface area (Å²) in [6.45, 7) is 2.93. The molecule has 2 aromatic carbocycles. The molecule has 4 N–H and O–H groups in total. The highest BCUT2D eigenvalue weighted by Crippen LogP contribution is 2.41. The summed E-state index contributed by atoms with van der Waals surface area (Å²) in [4.78, 5) is 24.6. The number of benzene rings is 2. The summed E-state index contributed by atoms with van der Waals surface area (Å²) < 4.78 is 1.68. The number of aromatic nitrogens is 4. The van der Waals surface area contributed by atoms with Crippen LogP contribution in [0.5, 0.6) is 0 Å². The number of amides is 1. The van der Waals surface area contributed by atoms with Gasteiger partial charge in [-0.15, -0.1) is 0 Å². The average Bonchev–Trinajstić information content (AvgIpc) is 3.66. The van der Waals surface area contributed by atoms with Crippen molar-refractivity contribution in [1.82, 2.24) is 24.6 Å². The Morgan fingerprint density at radius 1 is 0.956 bits per heavy atom. The number of carbonyl (C=O) groups excluding carboxylic acids is 1. The maximum Gasteiger partial charge on any atom is 0.276 e. The third-order valence-electron chi connectivity index (χ3n) is 8.33. The van der Waals surface area contributed by atoms with Gasteiger partial charge in [0, 0.05) is 55.1 Å². The van der Waals surface area contributed by atoms with Crippen molar-refractivity contribution in [2.75, 3.05) is 23.7 Å². The Kier molecular flexibility index (Phi) is 8.15. The van der Waals surface area contributed by atoms with E-state index >= 15 is 0 Å². The van der Waals surface area contributed by atoms with E-state index in [-0.39, 0.29) is 11.8 Å². The zero-order valence-corrected chi connectivity index (χ0v) is 25.8. The van der Waals surface area contributed by atoms with Crippen LogP contribution in [0, 0.1) is 0 Å². The Balaban J connectivity index is 1.13. The molecule has 1 unspecified atom stereocenters. The number of anilines is 3. The monoisotopic (exact) mass is 643 g/mol. The van der Waals surface area contributed by atoms with E-state index in [1.165, 1.54) is 0 Å². The van der Waals surface area contributed by atoms with Gasteiger partial charge in [-0.05, 0) is 55.2 Å². The number of aliphatic hydroxyl groups excluding tert-OH is 2. The third-order valence-corrected chi connectivity index (χ3v) is 9.15. The van der Waals surface area contributed by atoms with Gasteiger partial charge >= 0.3 is 0 Å². The first-order valence-corrected chi connectivity index (χ1v) is 15.7. The smallest absolute Gasteiger partial charge is 0.276 e. The SMILES string of the molecule is O=C(Nc1cccc(-c2cccc(Nc3nccc4cc(CN5CC[C@@H](O)C5)cnc34)c2Cl)c1Cl)c1cc2n(n1)CCCC2O. The molecule has 45 heavy (non-hydrogen) atoms. The van der Waals surface area contributed by atoms with E-state index in [4.69, 9.17) is 28.2 Å². The normalized spacial score (nSPS) is 18.2. The Hall–Kier alpha value is -4.06. The van der Waals surface area contributed by atoms with Crippen molar-refractivity contribution in [2.45, 2.75) is 44.6 Å². The lowest BCUT2D eigenvalue weighted by Gasteiger charge is -2.18. The Labute approximate surface area is 269 Å². The molecule has 1 amide bonds. The van der Waals surface area contributed by atoms with Crippen molar-refractivity contribution >= 4 is 57.2 Å². The van der Waals surface area contributed by atoms with E-state index in [1.807, 2.05) is 36.5 Å². The van der Waals surface area contributed by atoms with Gasteiger partial charge < -0.3 is 20.8 Å². The van der Waals surface area contributed by atoms with Crippen LogP contribution in [0.2, 0.25) is 10.0 Å². The molecule has 2 atom stereocenters. The molecule has 5 heterocycles. The fourth-order valence-corrected chi connectivity index (χ4v) is 6.61. The van der Waals surface area contributed by atoms with Gasteiger partial charge in [0.15, 0.2) is 11.5 Å². The number of aliphatic hydroxyl groups is 2. The number of hydrogen-bond donors (Lipinski definition) is 4. The lowest BCUT2D eigenvalue weighted by atomic mass is 10.0. The zero-order chi connectivity index (χ0) is 31.1. The molecule has 0 saturated carbocycles. The van der Waals surface area contributed by atoms with Gasteiger partial charge in [-0.25, -0.2) is 4.98 Å². The number of rotatable bonds is 7. The van der Waals surface area contributed by atoms with Gasteiger partial charge in [-0.1, -0.05) is 47.5 Å². The summed E-state index contributed by atoms with van der Waals surface area (Å²) in [5, 5.41) is 32.4. The van der Waals surface area contributed by atoms with E-state index in [2.05, 4.69) is 31.7 Å². The van der Waals surface area contributed by atoms with Crippen LogP contribution >= 0.6 is 23.2 Å². The third kappa shape index (κ3) is 5.99. The van der Waals surface area contributed by atoms with Gasteiger partial charge in [0.25, 0.3) is 5.91 Å². The molecule has 2 aliphatic rings. The molecule has 0 spiro atoms. The maximum absolute atomic E-state index is 13.1. The summed E-state index contributed by atoms with van der Waals surface area (Å²) >= 11 is 13.8. The molecule has 0 bridgehead atoms. The molecule has 0 radical (unpaired) electrons. The highest BCUT2D eigenvalue weighted by Gasteiger charge is 2.24. The topological polar surface area (TPSA) is 128 Å². The van der Waals surface area contributed by atoms with E-state index in [9.17, 15) is 15.0 Å². The first-order chi connectivity index (χ1) is 21.8. The molecule has 10 nitrogen and oxygen atoms in total. The van der Waals surface area contributed by atoms with Gasteiger partial charge in [0.05, 0.1) is 39.3 Å². The van der Waals surface area contributed by atoms with E-state index in [0.29, 0.717) is 69.1 Å². The molecule has 2 aliphatic heterocycles. The minimum atomic E-state index is -0.629. The number of aryl methyl sites for hydroxylation is 1. The fraction of sp³-hybridized carbons (Fsp3) is 0.273. The predicted molar refractivity (Wildman–Crippen MR) is 175 cm³/mol. The number of likely N-dealkylation sites (tertiary alicyclic amines) is 1. The predicted octanol–water partition coefficient (Wildman–Crippen LogP) is 6.19. The molecule has 1 fully saturated rings. The second-order valence-corrected chi connectivity index (χ2v) is 12.3. The number of fused-ring (bicyclic) bond motifs is 2.